The van der Waals surface area contributed by atoms with Gasteiger partial charge in [-0.15, -0.1) is 0 Å². The predicted octanol–water partition coefficient (Wildman–Crippen LogP) is 3.47. The molecule has 2 nitrogen and oxygen atoms in total. The Morgan fingerprint density at radius 1 is 0.842 bits per heavy atom. The molecule has 1 unspecified atom stereocenters. The minimum absolute atomic E-state index is 0.0409. The van der Waals surface area contributed by atoms with Crippen molar-refractivity contribution in [2.45, 2.75) is 33.7 Å². The van der Waals surface area contributed by atoms with Crippen LogP contribution in [0.3, 0.4) is 0 Å². The normalized spacial score (nSPS) is 12.5. The Hall–Kier alpha value is -1.64. The van der Waals surface area contributed by atoms with Crippen molar-refractivity contribution in [2.24, 2.45) is 5.84 Å². The van der Waals surface area contributed by atoms with Gasteiger partial charge in [0.15, 0.2) is 0 Å². The van der Waals surface area contributed by atoms with Gasteiger partial charge in [-0.25, -0.2) is 5.43 Å². The molecule has 0 heterocycles. The first-order valence-electron chi connectivity index (χ1n) is 6.62. The Balaban J connectivity index is 2.49. The van der Waals surface area contributed by atoms with Gasteiger partial charge in [0.25, 0.3) is 0 Å². The average Bonchev–Trinajstić information content (AvgIpc) is 2.31. The van der Waals surface area contributed by atoms with Crippen LogP contribution in [0.2, 0.25) is 0 Å². The fourth-order valence-electron chi connectivity index (χ4n) is 2.69. The Kier molecular flexibility index (Phi) is 4.03. The van der Waals surface area contributed by atoms with Crippen LogP contribution < -0.4 is 11.3 Å². The van der Waals surface area contributed by atoms with Gasteiger partial charge in [0, 0.05) is 0 Å². The largest absolute Gasteiger partial charge is 0.271 e. The van der Waals surface area contributed by atoms with Gasteiger partial charge in [0.1, 0.15) is 0 Å². The van der Waals surface area contributed by atoms with Crippen LogP contribution in [0.4, 0.5) is 0 Å². The fraction of sp³-hybridized carbons (Fsp3) is 0.294. The Morgan fingerprint density at radius 2 is 1.47 bits per heavy atom. The van der Waals surface area contributed by atoms with Gasteiger partial charge in [-0.05, 0) is 44.4 Å². The maximum Gasteiger partial charge on any atom is 0.0712 e. The number of aryl methyl sites for hydroxylation is 4. The second kappa shape index (κ2) is 5.55. The molecule has 0 radical (unpaired) electrons. The quantitative estimate of drug-likeness (QED) is 0.650. The Morgan fingerprint density at radius 3 is 2.00 bits per heavy atom. The van der Waals surface area contributed by atoms with E-state index in [-0.39, 0.29) is 6.04 Å². The summed E-state index contributed by atoms with van der Waals surface area (Å²) in [4.78, 5) is 0. The Bertz CT molecular complexity index is 568. The lowest BCUT2D eigenvalue weighted by Gasteiger charge is -2.20. The molecule has 0 fully saturated rings. The molecule has 0 spiro atoms. The monoisotopic (exact) mass is 254 g/mol. The van der Waals surface area contributed by atoms with Gasteiger partial charge in [-0.3, -0.25) is 5.84 Å². The zero-order valence-electron chi connectivity index (χ0n) is 12.1. The van der Waals surface area contributed by atoms with Gasteiger partial charge < -0.3 is 0 Å². The highest BCUT2D eigenvalue weighted by molar-refractivity contribution is 5.41. The molecular weight excluding hydrogens is 232 g/mol. The van der Waals surface area contributed by atoms with Gasteiger partial charge in [-0.2, -0.15) is 0 Å². The summed E-state index contributed by atoms with van der Waals surface area (Å²) >= 11 is 0. The van der Waals surface area contributed by atoms with Gasteiger partial charge in [0.2, 0.25) is 0 Å². The van der Waals surface area contributed by atoms with Crippen LogP contribution in [0.15, 0.2) is 36.4 Å². The first-order chi connectivity index (χ1) is 9.01. The van der Waals surface area contributed by atoms with E-state index in [0.717, 1.165) is 0 Å². The van der Waals surface area contributed by atoms with Crippen LogP contribution in [0, 0.1) is 27.7 Å². The third kappa shape index (κ3) is 3.03. The number of rotatable bonds is 3. The second-order valence-corrected chi connectivity index (χ2v) is 5.38. The molecule has 0 saturated carbocycles. The number of nitrogens with one attached hydrogen (secondary N) is 1. The molecule has 19 heavy (non-hydrogen) atoms. The van der Waals surface area contributed by atoms with Crippen LogP contribution in [-0.4, -0.2) is 0 Å². The number of hydrogen-bond donors (Lipinski definition) is 2. The summed E-state index contributed by atoms with van der Waals surface area (Å²) in [6, 6.07) is 13.1. The first kappa shape index (κ1) is 13.8. The molecule has 0 bridgehead atoms. The SMILES string of the molecule is Cc1cc(C)cc(C(NN)c2ccc(C)cc2C)c1. The van der Waals surface area contributed by atoms with E-state index in [4.69, 9.17) is 5.84 Å². The van der Waals surface area contributed by atoms with Crippen molar-refractivity contribution in [3.8, 4) is 0 Å². The smallest absolute Gasteiger partial charge is 0.0712 e. The summed E-state index contributed by atoms with van der Waals surface area (Å²) in [5, 5.41) is 0. The predicted molar refractivity (Wildman–Crippen MR) is 81.0 cm³/mol. The summed E-state index contributed by atoms with van der Waals surface area (Å²) in [6.07, 6.45) is 0. The standard InChI is InChI=1S/C17H22N2/c1-11-5-6-16(14(4)8-11)17(19-18)15-9-12(2)7-13(3)10-15/h5-10,17,19H,18H2,1-4H3. The summed E-state index contributed by atoms with van der Waals surface area (Å²) in [5.41, 5.74) is 10.5. The van der Waals surface area contributed by atoms with Crippen molar-refractivity contribution in [3.05, 3.63) is 69.8 Å². The molecule has 100 valence electrons. The lowest BCUT2D eigenvalue weighted by Crippen LogP contribution is -2.29. The lowest BCUT2D eigenvalue weighted by atomic mass is 9.92. The zero-order valence-corrected chi connectivity index (χ0v) is 12.1. The molecule has 2 aromatic carbocycles. The average molecular weight is 254 g/mol. The molecule has 0 aromatic heterocycles. The van der Waals surface area contributed by atoms with Crippen molar-refractivity contribution in [1.82, 2.24) is 5.43 Å². The Labute approximate surface area is 115 Å². The molecule has 0 aliphatic rings. The van der Waals surface area contributed by atoms with E-state index in [1.54, 1.807) is 0 Å². The van der Waals surface area contributed by atoms with Crippen LogP contribution >= 0.6 is 0 Å². The number of nitrogens with two attached hydrogens (primary N) is 1. The highest BCUT2D eigenvalue weighted by Crippen LogP contribution is 2.26. The third-order valence-corrected chi connectivity index (χ3v) is 3.48. The molecule has 2 heteroatoms. The van der Waals surface area contributed by atoms with Gasteiger partial charge in [-0.1, -0.05) is 53.1 Å². The maximum atomic E-state index is 5.79. The van der Waals surface area contributed by atoms with Gasteiger partial charge in [0.05, 0.1) is 6.04 Å². The molecule has 1 atom stereocenters. The van der Waals surface area contributed by atoms with Crippen LogP contribution in [0.5, 0.6) is 0 Å². The minimum Gasteiger partial charge on any atom is -0.271 e. The van der Waals surface area contributed by atoms with Crippen LogP contribution in [0.25, 0.3) is 0 Å². The minimum atomic E-state index is 0.0409. The van der Waals surface area contributed by atoms with E-state index in [1.807, 2.05) is 0 Å². The van der Waals surface area contributed by atoms with Crippen molar-refractivity contribution < 1.29 is 0 Å². The van der Waals surface area contributed by atoms with Crippen molar-refractivity contribution in [3.63, 3.8) is 0 Å². The van der Waals surface area contributed by atoms with Crippen molar-refractivity contribution >= 4 is 0 Å². The van der Waals surface area contributed by atoms with Gasteiger partial charge >= 0.3 is 0 Å². The topological polar surface area (TPSA) is 38.0 Å². The summed E-state index contributed by atoms with van der Waals surface area (Å²) in [6.45, 7) is 8.48. The number of hydrogen-bond acceptors (Lipinski definition) is 2. The molecule has 2 aromatic rings. The first-order valence-corrected chi connectivity index (χ1v) is 6.62. The highest BCUT2D eigenvalue weighted by atomic mass is 15.2. The summed E-state index contributed by atoms with van der Waals surface area (Å²) in [5.74, 6) is 5.79. The molecule has 0 amide bonds. The molecule has 2 rings (SSSR count). The molecule has 0 aliphatic heterocycles. The molecule has 0 aliphatic carbocycles. The number of hydrazine groups is 1. The second-order valence-electron chi connectivity index (χ2n) is 5.38. The molecule has 0 saturated heterocycles. The van der Waals surface area contributed by atoms with E-state index in [0.29, 0.717) is 0 Å². The molecule has 3 N–H and O–H groups in total. The lowest BCUT2D eigenvalue weighted by molar-refractivity contribution is 0.633. The maximum absolute atomic E-state index is 5.79. The van der Waals surface area contributed by atoms with E-state index in [1.165, 1.54) is 33.4 Å². The van der Waals surface area contributed by atoms with Crippen LogP contribution in [0.1, 0.15) is 39.4 Å². The summed E-state index contributed by atoms with van der Waals surface area (Å²) in [7, 11) is 0. The summed E-state index contributed by atoms with van der Waals surface area (Å²) < 4.78 is 0. The third-order valence-electron chi connectivity index (χ3n) is 3.48. The van der Waals surface area contributed by atoms with Crippen molar-refractivity contribution in [2.75, 3.05) is 0 Å². The number of benzene rings is 2. The fourth-order valence-corrected chi connectivity index (χ4v) is 2.69. The van der Waals surface area contributed by atoms with E-state index < -0.39 is 0 Å². The van der Waals surface area contributed by atoms with E-state index >= 15 is 0 Å². The zero-order chi connectivity index (χ0) is 14.0. The van der Waals surface area contributed by atoms with Crippen LogP contribution in [-0.2, 0) is 0 Å². The highest BCUT2D eigenvalue weighted by Gasteiger charge is 2.15. The van der Waals surface area contributed by atoms with Crippen molar-refractivity contribution in [1.29, 1.82) is 0 Å². The van der Waals surface area contributed by atoms with E-state index in [2.05, 4.69) is 69.5 Å². The molecular formula is C17H22N2. The van der Waals surface area contributed by atoms with E-state index in [9.17, 15) is 0 Å².